The number of halogens is 3. The zero-order chi connectivity index (χ0) is 28.6. The molecule has 3 aromatic rings. The van der Waals surface area contributed by atoms with Crippen LogP contribution in [0.1, 0.15) is 27.9 Å². The van der Waals surface area contributed by atoms with E-state index in [0.717, 1.165) is 17.7 Å². The van der Waals surface area contributed by atoms with Crippen molar-refractivity contribution in [3.63, 3.8) is 0 Å². The Bertz CT molecular complexity index is 1410. The number of anilines is 2. The summed E-state index contributed by atoms with van der Waals surface area (Å²) in [5.41, 5.74) is -0.391. The Morgan fingerprint density at radius 3 is 2.33 bits per heavy atom. The molecule has 0 heterocycles. The van der Waals surface area contributed by atoms with E-state index in [1.54, 1.807) is 31.2 Å². The van der Waals surface area contributed by atoms with Crippen LogP contribution in [0.5, 0.6) is 0 Å². The van der Waals surface area contributed by atoms with Crippen molar-refractivity contribution < 1.29 is 35.9 Å². The molecule has 3 aromatic carbocycles. The predicted molar refractivity (Wildman–Crippen MR) is 141 cm³/mol. The third-order valence-corrected chi connectivity index (χ3v) is 7.40. The molecule has 39 heavy (non-hydrogen) atoms. The minimum atomic E-state index is -4.73. The van der Waals surface area contributed by atoms with E-state index in [0.29, 0.717) is 29.9 Å². The van der Waals surface area contributed by atoms with Crippen LogP contribution in [0.2, 0.25) is 0 Å². The first kappa shape index (κ1) is 29.7. The number of nitrogens with zero attached hydrogens (tertiary/aromatic N) is 1. The molecule has 0 aromatic heterocycles. The lowest BCUT2D eigenvalue weighted by atomic mass is 10.1. The molecular weight excluding hydrogens is 535 g/mol. The van der Waals surface area contributed by atoms with Crippen LogP contribution in [-0.2, 0) is 25.7 Å². The fourth-order valence-electron chi connectivity index (χ4n) is 3.61. The van der Waals surface area contributed by atoms with Gasteiger partial charge in [0.1, 0.15) is 6.54 Å². The predicted octanol–water partition coefficient (Wildman–Crippen LogP) is 4.61. The van der Waals surface area contributed by atoms with Crippen LogP contribution < -0.4 is 14.9 Å². The number of sulfonamides is 1. The topological polar surface area (TPSA) is 105 Å². The molecule has 0 radical (unpaired) electrons. The van der Waals surface area contributed by atoms with Crippen molar-refractivity contribution >= 4 is 33.2 Å². The maximum absolute atomic E-state index is 13.5. The quantitative estimate of drug-likeness (QED) is 0.332. The average Bonchev–Trinajstić information content (AvgIpc) is 2.89. The summed E-state index contributed by atoms with van der Waals surface area (Å²) in [6.07, 6.45) is -4.16. The van der Waals surface area contributed by atoms with Crippen LogP contribution >= 0.6 is 0 Å². The first-order valence-corrected chi connectivity index (χ1v) is 13.3. The second-order valence-electron chi connectivity index (χ2n) is 8.57. The number of benzene rings is 3. The Labute approximate surface area is 224 Å². The Morgan fingerprint density at radius 1 is 0.974 bits per heavy atom. The van der Waals surface area contributed by atoms with Crippen molar-refractivity contribution in [2.45, 2.75) is 24.4 Å². The number of alkyl halides is 3. The lowest BCUT2D eigenvalue weighted by molar-refractivity contribution is -0.137. The van der Waals surface area contributed by atoms with Gasteiger partial charge in [-0.2, -0.15) is 13.2 Å². The smallest absolute Gasteiger partial charge is 0.385 e. The molecule has 0 aliphatic carbocycles. The monoisotopic (exact) mass is 563 g/mol. The van der Waals surface area contributed by atoms with E-state index in [1.165, 1.54) is 37.4 Å². The lowest BCUT2D eigenvalue weighted by Crippen LogP contribution is -2.38. The summed E-state index contributed by atoms with van der Waals surface area (Å²) in [7, 11) is -2.91. The molecule has 0 saturated carbocycles. The molecule has 0 fully saturated rings. The van der Waals surface area contributed by atoms with Crippen LogP contribution in [0.4, 0.5) is 24.5 Å². The summed E-state index contributed by atoms with van der Waals surface area (Å²) < 4.78 is 72.8. The Kier molecular flexibility index (Phi) is 9.71. The molecule has 0 saturated heterocycles. The first-order chi connectivity index (χ1) is 18.4. The second kappa shape index (κ2) is 12.8. The van der Waals surface area contributed by atoms with Crippen molar-refractivity contribution in [1.82, 2.24) is 5.32 Å². The van der Waals surface area contributed by atoms with Gasteiger partial charge in [-0.3, -0.25) is 13.9 Å². The van der Waals surface area contributed by atoms with E-state index >= 15 is 0 Å². The number of amides is 2. The fraction of sp³-hybridized carbons (Fsp3) is 0.259. The molecule has 12 heteroatoms. The molecule has 208 valence electrons. The third-order valence-electron chi connectivity index (χ3n) is 5.61. The molecule has 0 aliphatic heterocycles. The number of para-hydroxylation sites is 1. The van der Waals surface area contributed by atoms with Gasteiger partial charge in [0.05, 0.1) is 27.4 Å². The highest BCUT2D eigenvalue weighted by Gasteiger charge is 2.33. The Morgan fingerprint density at radius 2 is 1.67 bits per heavy atom. The number of hydrogen-bond donors (Lipinski definition) is 2. The number of carbonyl (C=O) groups is 2. The number of methoxy groups -OCH3 is 1. The number of carbonyl (C=O) groups excluding carboxylic acids is 2. The third kappa shape index (κ3) is 7.80. The zero-order valence-electron chi connectivity index (χ0n) is 21.3. The van der Waals surface area contributed by atoms with E-state index < -0.39 is 40.1 Å². The molecule has 8 nitrogen and oxygen atoms in total. The highest BCUT2D eigenvalue weighted by atomic mass is 32.2. The van der Waals surface area contributed by atoms with Gasteiger partial charge in [0, 0.05) is 20.3 Å². The van der Waals surface area contributed by atoms with E-state index in [2.05, 4.69) is 10.6 Å². The summed E-state index contributed by atoms with van der Waals surface area (Å²) in [5.74, 6) is -1.33. The normalized spacial score (nSPS) is 11.6. The van der Waals surface area contributed by atoms with Gasteiger partial charge in [0.15, 0.2) is 0 Å². The second-order valence-corrected chi connectivity index (χ2v) is 10.4. The average molecular weight is 564 g/mol. The number of ether oxygens (including phenoxy) is 1. The molecule has 0 unspecified atom stereocenters. The molecule has 2 N–H and O–H groups in total. The van der Waals surface area contributed by atoms with Crippen molar-refractivity contribution in [3.05, 3.63) is 89.5 Å². The van der Waals surface area contributed by atoms with Crippen LogP contribution in [0.15, 0.2) is 77.7 Å². The highest BCUT2D eigenvalue weighted by Crippen LogP contribution is 2.33. The van der Waals surface area contributed by atoms with E-state index in [9.17, 15) is 31.2 Å². The standard InChI is InChI=1S/C27H28F3N3O5S/c1-19-11-13-22(14-12-19)39(36,37)33(21-8-5-7-20(17-21)27(28,29)30)18-25(34)32-24-10-4-3-9-23(24)26(35)31-15-6-16-38-2/h3-5,7-14,17H,6,15-16,18H2,1-2H3,(H,31,35)(H,32,34). The zero-order valence-corrected chi connectivity index (χ0v) is 22.1. The fourth-order valence-corrected chi connectivity index (χ4v) is 5.03. The van der Waals surface area contributed by atoms with Gasteiger partial charge in [-0.05, 0) is 55.8 Å². The van der Waals surface area contributed by atoms with Gasteiger partial charge in [0.2, 0.25) is 5.91 Å². The van der Waals surface area contributed by atoms with Gasteiger partial charge in [-0.25, -0.2) is 8.42 Å². The number of hydrogen-bond acceptors (Lipinski definition) is 5. The maximum Gasteiger partial charge on any atom is 0.416 e. The molecule has 2 amide bonds. The SMILES string of the molecule is COCCCNC(=O)c1ccccc1NC(=O)CN(c1cccc(C(F)(F)F)c1)S(=O)(=O)c1ccc(C)cc1. The molecule has 3 rings (SSSR count). The van der Waals surface area contributed by atoms with Gasteiger partial charge >= 0.3 is 6.18 Å². The van der Waals surface area contributed by atoms with Gasteiger partial charge in [-0.1, -0.05) is 35.9 Å². The van der Waals surface area contributed by atoms with Crippen LogP contribution in [0, 0.1) is 6.92 Å². The Balaban J connectivity index is 1.92. The lowest BCUT2D eigenvalue weighted by Gasteiger charge is -2.25. The summed E-state index contributed by atoms with van der Waals surface area (Å²) in [5, 5.41) is 5.22. The van der Waals surface area contributed by atoms with E-state index in [4.69, 9.17) is 4.74 Å². The van der Waals surface area contributed by atoms with E-state index in [1.807, 2.05) is 0 Å². The molecular formula is C27H28F3N3O5S. The maximum atomic E-state index is 13.5. The molecule has 0 spiro atoms. The van der Waals surface area contributed by atoms with Crippen LogP contribution in [-0.4, -0.2) is 47.0 Å². The first-order valence-electron chi connectivity index (χ1n) is 11.9. The molecule has 0 atom stereocenters. The van der Waals surface area contributed by atoms with Crippen LogP contribution in [0.25, 0.3) is 0 Å². The van der Waals surface area contributed by atoms with Crippen molar-refractivity contribution in [3.8, 4) is 0 Å². The number of nitrogens with one attached hydrogen (secondary N) is 2. The summed E-state index contributed by atoms with van der Waals surface area (Å²) in [6.45, 7) is 1.67. The van der Waals surface area contributed by atoms with Crippen LogP contribution in [0.3, 0.4) is 0 Å². The van der Waals surface area contributed by atoms with Crippen molar-refractivity contribution in [2.24, 2.45) is 0 Å². The van der Waals surface area contributed by atoms with Gasteiger partial charge < -0.3 is 15.4 Å². The summed E-state index contributed by atoms with van der Waals surface area (Å²) >= 11 is 0. The number of aryl methyl sites for hydroxylation is 1. The Hall–Kier alpha value is -3.90. The molecule has 0 bridgehead atoms. The van der Waals surface area contributed by atoms with Gasteiger partial charge in [0.25, 0.3) is 15.9 Å². The summed E-state index contributed by atoms with van der Waals surface area (Å²) in [4.78, 5) is 25.5. The summed E-state index contributed by atoms with van der Waals surface area (Å²) in [6, 6.07) is 15.5. The minimum absolute atomic E-state index is 0.114. The van der Waals surface area contributed by atoms with Crippen molar-refractivity contribution in [2.75, 3.05) is 36.4 Å². The molecule has 0 aliphatic rings. The van der Waals surface area contributed by atoms with Gasteiger partial charge in [-0.15, -0.1) is 0 Å². The minimum Gasteiger partial charge on any atom is -0.385 e. The number of rotatable bonds is 11. The largest absolute Gasteiger partial charge is 0.416 e. The van der Waals surface area contributed by atoms with E-state index in [-0.39, 0.29) is 21.8 Å². The highest BCUT2D eigenvalue weighted by molar-refractivity contribution is 7.92. The van der Waals surface area contributed by atoms with Crippen molar-refractivity contribution in [1.29, 1.82) is 0 Å².